The van der Waals surface area contributed by atoms with Crippen LogP contribution in [0.4, 0.5) is 5.69 Å². The van der Waals surface area contributed by atoms with Gasteiger partial charge >= 0.3 is 0 Å². The molecule has 1 aromatic carbocycles. The van der Waals surface area contributed by atoms with Gasteiger partial charge in [0.05, 0.1) is 6.10 Å². The van der Waals surface area contributed by atoms with Gasteiger partial charge in [0.15, 0.2) is 0 Å². The minimum atomic E-state index is -0.318. The molecule has 18 heavy (non-hydrogen) atoms. The Morgan fingerprint density at radius 3 is 2.56 bits per heavy atom. The molecule has 0 aromatic heterocycles. The van der Waals surface area contributed by atoms with E-state index in [0.717, 1.165) is 23.9 Å². The SMILES string of the molecule is CC[C@H](O)c1ccccc1N(CC1CC1)C1CC1. The van der Waals surface area contributed by atoms with Gasteiger partial charge in [-0.3, -0.25) is 0 Å². The van der Waals surface area contributed by atoms with E-state index >= 15 is 0 Å². The zero-order valence-electron chi connectivity index (χ0n) is 11.2. The Hall–Kier alpha value is -1.02. The summed E-state index contributed by atoms with van der Waals surface area (Å²) in [5.41, 5.74) is 2.40. The molecule has 1 aromatic rings. The zero-order valence-corrected chi connectivity index (χ0v) is 11.2. The van der Waals surface area contributed by atoms with Crippen LogP contribution < -0.4 is 4.90 Å². The first kappa shape index (κ1) is 12.0. The summed E-state index contributed by atoms with van der Waals surface area (Å²) in [5.74, 6) is 0.900. The number of anilines is 1. The van der Waals surface area contributed by atoms with Crippen molar-refractivity contribution in [2.75, 3.05) is 11.4 Å². The van der Waals surface area contributed by atoms with Crippen molar-refractivity contribution in [3.05, 3.63) is 29.8 Å². The van der Waals surface area contributed by atoms with E-state index in [1.807, 2.05) is 13.0 Å². The highest BCUT2D eigenvalue weighted by atomic mass is 16.3. The van der Waals surface area contributed by atoms with Crippen molar-refractivity contribution >= 4 is 5.69 Å². The molecule has 0 spiro atoms. The van der Waals surface area contributed by atoms with Crippen LogP contribution >= 0.6 is 0 Å². The largest absolute Gasteiger partial charge is 0.388 e. The van der Waals surface area contributed by atoms with Crippen molar-refractivity contribution in [2.24, 2.45) is 5.92 Å². The lowest BCUT2D eigenvalue weighted by molar-refractivity contribution is 0.174. The maximum atomic E-state index is 10.2. The molecule has 1 atom stereocenters. The van der Waals surface area contributed by atoms with E-state index in [9.17, 15) is 5.11 Å². The van der Waals surface area contributed by atoms with Gasteiger partial charge in [-0.2, -0.15) is 0 Å². The van der Waals surface area contributed by atoms with E-state index in [1.165, 1.54) is 37.9 Å². The van der Waals surface area contributed by atoms with Crippen molar-refractivity contribution in [1.82, 2.24) is 0 Å². The minimum Gasteiger partial charge on any atom is -0.388 e. The maximum Gasteiger partial charge on any atom is 0.0807 e. The average molecular weight is 245 g/mol. The second-order valence-electron chi connectivity index (χ2n) is 5.81. The molecule has 2 fully saturated rings. The number of rotatable bonds is 6. The fourth-order valence-corrected chi connectivity index (χ4v) is 2.66. The minimum absolute atomic E-state index is 0.318. The van der Waals surface area contributed by atoms with Gasteiger partial charge in [0, 0.05) is 23.8 Å². The Morgan fingerprint density at radius 1 is 1.22 bits per heavy atom. The summed E-state index contributed by atoms with van der Waals surface area (Å²) in [7, 11) is 0. The number of benzene rings is 1. The molecular formula is C16H23NO. The molecule has 0 bridgehead atoms. The summed E-state index contributed by atoms with van der Waals surface area (Å²) >= 11 is 0. The molecule has 0 saturated heterocycles. The van der Waals surface area contributed by atoms with Crippen LogP contribution in [0.3, 0.4) is 0 Å². The van der Waals surface area contributed by atoms with E-state index in [2.05, 4.69) is 23.1 Å². The van der Waals surface area contributed by atoms with Gasteiger partial charge in [-0.05, 0) is 44.1 Å². The molecule has 2 saturated carbocycles. The highest BCUT2D eigenvalue weighted by molar-refractivity contribution is 5.56. The van der Waals surface area contributed by atoms with Gasteiger partial charge in [-0.25, -0.2) is 0 Å². The summed E-state index contributed by atoms with van der Waals surface area (Å²) < 4.78 is 0. The smallest absolute Gasteiger partial charge is 0.0807 e. The van der Waals surface area contributed by atoms with Crippen LogP contribution in [0.2, 0.25) is 0 Å². The summed E-state index contributed by atoms with van der Waals surface area (Å²) in [6.07, 6.45) is 5.90. The highest BCUT2D eigenvalue weighted by Crippen LogP contribution is 2.40. The third-order valence-corrected chi connectivity index (χ3v) is 4.13. The number of nitrogens with zero attached hydrogens (tertiary/aromatic N) is 1. The average Bonchev–Trinajstić information content (AvgIpc) is 3.28. The first-order chi connectivity index (χ1) is 8.79. The van der Waals surface area contributed by atoms with E-state index in [-0.39, 0.29) is 6.10 Å². The molecule has 2 aliphatic rings. The fraction of sp³-hybridized carbons (Fsp3) is 0.625. The van der Waals surface area contributed by atoms with E-state index in [4.69, 9.17) is 0 Å². The van der Waals surface area contributed by atoms with Crippen LogP contribution in [-0.2, 0) is 0 Å². The van der Waals surface area contributed by atoms with Gasteiger partial charge < -0.3 is 10.0 Å². The Labute approximate surface area is 110 Å². The molecule has 0 aliphatic heterocycles. The molecule has 0 unspecified atom stereocenters. The normalized spacial score (nSPS) is 20.8. The van der Waals surface area contributed by atoms with Crippen LogP contribution in [0.5, 0.6) is 0 Å². The summed E-state index contributed by atoms with van der Waals surface area (Å²) in [4.78, 5) is 2.56. The summed E-state index contributed by atoms with van der Waals surface area (Å²) in [6.45, 7) is 3.24. The molecule has 0 amide bonds. The van der Waals surface area contributed by atoms with E-state index in [0.29, 0.717) is 0 Å². The fourth-order valence-electron chi connectivity index (χ4n) is 2.66. The van der Waals surface area contributed by atoms with E-state index in [1.54, 1.807) is 0 Å². The van der Waals surface area contributed by atoms with Crippen molar-refractivity contribution < 1.29 is 5.11 Å². The van der Waals surface area contributed by atoms with Crippen molar-refractivity contribution in [3.63, 3.8) is 0 Å². The second-order valence-corrected chi connectivity index (χ2v) is 5.81. The molecule has 1 N–H and O–H groups in total. The van der Waals surface area contributed by atoms with Crippen LogP contribution in [0, 0.1) is 5.92 Å². The number of para-hydroxylation sites is 1. The molecule has 98 valence electrons. The van der Waals surface area contributed by atoms with Crippen LogP contribution in [0.15, 0.2) is 24.3 Å². The predicted octanol–water partition coefficient (Wildman–Crippen LogP) is 3.51. The van der Waals surface area contributed by atoms with Gasteiger partial charge in [-0.15, -0.1) is 0 Å². The lowest BCUT2D eigenvalue weighted by Gasteiger charge is -2.28. The Kier molecular flexibility index (Phi) is 3.29. The van der Waals surface area contributed by atoms with Gasteiger partial charge in [0.25, 0.3) is 0 Å². The summed E-state index contributed by atoms with van der Waals surface area (Å²) in [5, 5.41) is 10.2. The van der Waals surface area contributed by atoms with Crippen LogP contribution in [0.25, 0.3) is 0 Å². The molecule has 0 heterocycles. The maximum absolute atomic E-state index is 10.2. The molecule has 2 aliphatic carbocycles. The Morgan fingerprint density at radius 2 is 1.94 bits per heavy atom. The number of hydrogen-bond donors (Lipinski definition) is 1. The number of hydrogen-bond acceptors (Lipinski definition) is 2. The third kappa shape index (κ3) is 2.54. The van der Waals surface area contributed by atoms with E-state index < -0.39 is 0 Å². The molecule has 2 heteroatoms. The number of aliphatic hydroxyl groups excluding tert-OH is 1. The van der Waals surface area contributed by atoms with Gasteiger partial charge in [0.2, 0.25) is 0 Å². The van der Waals surface area contributed by atoms with Crippen molar-refractivity contribution in [2.45, 2.75) is 51.2 Å². The van der Waals surface area contributed by atoms with Gasteiger partial charge in [-0.1, -0.05) is 25.1 Å². The van der Waals surface area contributed by atoms with Crippen LogP contribution in [-0.4, -0.2) is 17.7 Å². The lowest BCUT2D eigenvalue weighted by Crippen LogP contribution is -2.29. The molecule has 0 radical (unpaired) electrons. The Bertz CT molecular complexity index is 409. The highest BCUT2D eigenvalue weighted by Gasteiger charge is 2.35. The van der Waals surface area contributed by atoms with Crippen molar-refractivity contribution in [3.8, 4) is 0 Å². The topological polar surface area (TPSA) is 23.5 Å². The number of aliphatic hydroxyl groups is 1. The first-order valence-corrected chi connectivity index (χ1v) is 7.33. The monoisotopic (exact) mass is 245 g/mol. The molecular weight excluding hydrogens is 222 g/mol. The quantitative estimate of drug-likeness (QED) is 0.829. The zero-order chi connectivity index (χ0) is 12.5. The second kappa shape index (κ2) is 4.93. The van der Waals surface area contributed by atoms with Gasteiger partial charge in [0.1, 0.15) is 0 Å². The Balaban J connectivity index is 1.87. The molecule has 3 rings (SSSR count). The predicted molar refractivity (Wildman–Crippen MR) is 74.8 cm³/mol. The first-order valence-electron chi connectivity index (χ1n) is 7.33. The summed E-state index contributed by atoms with van der Waals surface area (Å²) in [6, 6.07) is 9.15. The lowest BCUT2D eigenvalue weighted by atomic mass is 10.0. The standard InChI is InChI=1S/C16H23NO/c1-2-16(18)14-5-3-4-6-15(14)17(13-9-10-13)11-12-7-8-12/h3-6,12-13,16,18H,2,7-11H2,1H3/t16-/m0/s1. The third-order valence-electron chi connectivity index (χ3n) is 4.13. The van der Waals surface area contributed by atoms with Crippen LogP contribution in [0.1, 0.15) is 50.7 Å². The van der Waals surface area contributed by atoms with Crippen molar-refractivity contribution in [1.29, 1.82) is 0 Å². The molecule has 2 nitrogen and oxygen atoms in total.